The van der Waals surface area contributed by atoms with Crippen LogP contribution in [-0.4, -0.2) is 52.1 Å². The zero-order valence-electron chi connectivity index (χ0n) is 18.6. The monoisotopic (exact) mass is 475 g/mol. The van der Waals surface area contributed by atoms with Crippen molar-refractivity contribution in [1.82, 2.24) is 19.8 Å². The molecule has 4 heterocycles. The molecule has 180 valence electrons. The molecule has 3 aromatic rings. The Bertz CT molecular complexity index is 1210. The fourth-order valence-electron chi connectivity index (χ4n) is 4.57. The van der Waals surface area contributed by atoms with Crippen molar-refractivity contribution in [2.24, 2.45) is 5.92 Å². The summed E-state index contributed by atoms with van der Waals surface area (Å²) in [5.41, 5.74) is 5.03. The van der Waals surface area contributed by atoms with Crippen LogP contribution >= 0.6 is 0 Å². The van der Waals surface area contributed by atoms with Crippen molar-refractivity contribution in [3.05, 3.63) is 52.7 Å². The summed E-state index contributed by atoms with van der Waals surface area (Å²) < 4.78 is 50.8. The number of halogens is 3. The molecule has 8 nitrogen and oxygen atoms in total. The molecule has 1 N–H and O–H groups in total. The Hall–Kier alpha value is -3.34. The van der Waals surface area contributed by atoms with Crippen LogP contribution in [0.4, 0.5) is 23.7 Å². The zero-order valence-corrected chi connectivity index (χ0v) is 18.6. The number of anilines is 1. The summed E-state index contributed by atoms with van der Waals surface area (Å²) in [5, 5.41) is 11.8. The number of aryl methyl sites for hydroxylation is 1. The van der Waals surface area contributed by atoms with Crippen molar-refractivity contribution in [2.45, 2.75) is 39.3 Å². The van der Waals surface area contributed by atoms with E-state index >= 15 is 0 Å². The standard InChI is InChI=1S/C23H24F3N5O3/c1-13-6-16(2-3-18(13)24)27-23(32)30-5-4-19-17(9-30)22-21-15(11-34-29-21)7-14(8-31(22)28-19)10-33-12-20(25)26/h2-3,6,11,14,20H,4-5,7-10,12H2,1H3,(H,27,32)/t14-/m1/s1. The lowest BCUT2D eigenvalue weighted by Gasteiger charge is -2.27. The number of carbonyl (C=O) groups is 1. The fourth-order valence-corrected chi connectivity index (χ4v) is 4.57. The molecule has 2 aromatic heterocycles. The van der Waals surface area contributed by atoms with Crippen LogP contribution in [0.3, 0.4) is 0 Å². The molecule has 2 aliphatic heterocycles. The van der Waals surface area contributed by atoms with Crippen LogP contribution in [-0.2, 0) is 30.7 Å². The lowest BCUT2D eigenvalue weighted by Crippen LogP contribution is -2.38. The highest BCUT2D eigenvalue weighted by molar-refractivity contribution is 5.89. The largest absolute Gasteiger partial charge is 0.375 e. The minimum Gasteiger partial charge on any atom is -0.375 e. The van der Waals surface area contributed by atoms with E-state index in [9.17, 15) is 18.0 Å². The Morgan fingerprint density at radius 1 is 1.38 bits per heavy atom. The molecule has 5 rings (SSSR count). The van der Waals surface area contributed by atoms with Gasteiger partial charge in [0.15, 0.2) is 0 Å². The van der Waals surface area contributed by atoms with E-state index in [4.69, 9.17) is 14.4 Å². The summed E-state index contributed by atoms with van der Waals surface area (Å²) in [4.78, 5) is 14.6. The van der Waals surface area contributed by atoms with Crippen LogP contribution in [0.25, 0.3) is 11.4 Å². The van der Waals surface area contributed by atoms with Gasteiger partial charge in [-0.05, 0) is 37.1 Å². The van der Waals surface area contributed by atoms with Gasteiger partial charge in [0.1, 0.15) is 24.4 Å². The van der Waals surface area contributed by atoms with Crippen LogP contribution < -0.4 is 5.32 Å². The molecule has 0 bridgehead atoms. The second kappa shape index (κ2) is 9.13. The molecule has 0 spiro atoms. The van der Waals surface area contributed by atoms with E-state index < -0.39 is 13.0 Å². The lowest BCUT2D eigenvalue weighted by molar-refractivity contribution is 0.00164. The number of fused-ring (bicyclic) bond motifs is 5. The van der Waals surface area contributed by atoms with Gasteiger partial charge in [-0.1, -0.05) is 5.16 Å². The van der Waals surface area contributed by atoms with Crippen LogP contribution in [0.2, 0.25) is 0 Å². The van der Waals surface area contributed by atoms with Crippen molar-refractivity contribution in [2.75, 3.05) is 25.1 Å². The number of nitrogens with one attached hydrogen (secondary N) is 1. The second-order valence-electron chi connectivity index (χ2n) is 8.71. The second-order valence-corrected chi connectivity index (χ2v) is 8.71. The third-order valence-electron chi connectivity index (χ3n) is 6.20. The SMILES string of the molecule is Cc1cc(NC(=O)N2CCc3nn4c(c3C2)-c2nocc2C[C@@H](COCC(F)F)C4)ccc1F. The number of rotatable bonds is 5. The highest BCUT2D eigenvalue weighted by Crippen LogP contribution is 2.36. The topological polar surface area (TPSA) is 85.4 Å². The number of benzene rings is 1. The number of aromatic nitrogens is 3. The van der Waals surface area contributed by atoms with E-state index in [0.29, 0.717) is 49.4 Å². The molecule has 0 radical (unpaired) electrons. The number of hydrogen-bond acceptors (Lipinski definition) is 5. The molecule has 0 aliphatic carbocycles. The molecule has 0 saturated carbocycles. The van der Waals surface area contributed by atoms with E-state index in [-0.39, 0.29) is 24.4 Å². The third kappa shape index (κ3) is 4.39. The van der Waals surface area contributed by atoms with Gasteiger partial charge in [-0.25, -0.2) is 18.0 Å². The van der Waals surface area contributed by atoms with E-state index in [1.807, 2.05) is 4.68 Å². The third-order valence-corrected chi connectivity index (χ3v) is 6.20. The van der Waals surface area contributed by atoms with Gasteiger partial charge in [-0.2, -0.15) is 5.10 Å². The van der Waals surface area contributed by atoms with E-state index in [2.05, 4.69) is 10.5 Å². The molecule has 34 heavy (non-hydrogen) atoms. The highest BCUT2D eigenvalue weighted by atomic mass is 19.3. The number of hydrogen-bond donors (Lipinski definition) is 1. The maximum atomic E-state index is 13.6. The summed E-state index contributed by atoms with van der Waals surface area (Å²) in [7, 11) is 0. The van der Waals surface area contributed by atoms with Crippen molar-refractivity contribution in [1.29, 1.82) is 0 Å². The molecular formula is C23H24F3N5O3. The molecule has 0 fully saturated rings. The van der Waals surface area contributed by atoms with Gasteiger partial charge >= 0.3 is 6.03 Å². The lowest BCUT2D eigenvalue weighted by atomic mass is 9.99. The summed E-state index contributed by atoms with van der Waals surface area (Å²) >= 11 is 0. The maximum Gasteiger partial charge on any atom is 0.322 e. The minimum absolute atomic E-state index is 0.0689. The Morgan fingerprint density at radius 2 is 2.24 bits per heavy atom. The van der Waals surface area contributed by atoms with Gasteiger partial charge in [0.2, 0.25) is 0 Å². The first-order valence-electron chi connectivity index (χ1n) is 11.1. The normalized spacial score (nSPS) is 17.2. The fraction of sp³-hybridized carbons (Fsp3) is 0.435. The van der Waals surface area contributed by atoms with Crippen LogP contribution in [0, 0.1) is 18.7 Å². The first-order valence-corrected chi connectivity index (χ1v) is 11.1. The molecule has 1 atom stereocenters. The number of carbonyl (C=O) groups excluding carboxylic acids is 1. The maximum absolute atomic E-state index is 13.6. The molecule has 2 amide bonds. The summed E-state index contributed by atoms with van der Waals surface area (Å²) in [6.07, 6.45) is 0.175. The number of urea groups is 1. The first-order chi connectivity index (χ1) is 16.4. The number of nitrogens with zero attached hydrogens (tertiary/aromatic N) is 4. The molecule has 0 saturated heterocycles. The van der Waals surface area contributed by atoms with Gasteiger partial charge in [0.05, 0.1) is 24.5 Å². The Labute approximate surface area is 193 Å². The predicted molar refractivity (Wildman–Crippen MR) is 116 cm³/mol. The zero-order chi connectivity index (χ0) is 23.8. The van der Waals surface area contributed by atoms with E-state index in [1.165, 1.54) is 12.1 Å². The summed E-state index contributed by atoms with van der Waals surface area (Å²) in [5.74, 6) is -0.398. The highest BCUT2D eigenvalue weighted by Gasteiger charge is 2.33. The van der Waals surface area contributed by atoms with E-state index in [1.54, 1.807) is 24.2 Å². The average Bonchev–Trinajstić information content (AvgIpc) is 3.35. The number of alkyl halides is 2. The summed E-state index contributed by atoms with van der Waals surface area (Å²) in [6, 6.07) is 4.15. The van der Waals surface area contributed by atoms with Crippen LogP contribution in [0.5, 0.6) is 0 Å². The van der Waals surface area contributed by atoms with Gasteiger partial charge in [0.25, 0.3) is 6.43 Å². The van der Waals surface area contributed by atoms with E-state index in [0.717, 1.165) is 22.5 Å². The Morgan fingerprint density at radius 3 is 3.03 bits per heavy atom. The molecule has 0 unspecified atom stereocenters. The molecular weight excluding hydrogens is 451 g/mol. The first kappa shape index (κ1) is 22.5. The Balaban J connectivity index is 1.37. The van der Waals surface area contributed by atoms with Crippen molar-refractivity contribution < 1.29 is 27.2 Å². The van der Waals surface area contributed by atoms with Crippen molar-refractivity contribution in [3.8, 4) is 11.4 Å². The van der Waals surface area contributed by atoms with Crippen LogP contribution in [0.15, 0.2) is 29.0 Å². The van der Waals surface area contributed by atoms with Gasteiger partial charge in [-0.3, -0.25) is 4.68 Å². The minimum atomic E-state index is -2.51. The summed E-state index contributed by atoms with van der Waals surface area (Å²) in [6.45, 7) is 2.50. The quantitative estimate of drug-likeness (QED) is 0.602. The number of ether oxygens (including phenoxy) is 1. The smallest absolute Gasteiger partial charge is 0.322 e. The Kier molecular flexibility index (Phi) is 6.03. The predicted octanol–water partition coefficient (Wildman–Crippen LogP) is 4.03. The van der Waals surface area contributed by atoms with Gasteiger partial charge in [0, 0.05) is 42.2 Å². The van der Waals surface area contributed by atoms with Crippen molar-refractivity contribution >= 4 is 11.7 Å². The van der Waals surface area contributed by atoms with Gasteiger partial charge < -0.3 is 19.5 Å². The molecule has 2 aliphatic rings. The number of amides is 2. The van der Waals surface area contributed by atoms with Gasteiger partial charge in [-0.15, -0.1) is 0 Å². The van der Waals surface area contributed by atoms with Crippen molar-refractivity contribution in [3.63, 3.8) is 0 Å². The van der Waals surface area contributed by atoms with Crippen LogP contribution in [0.1, 0.15) is 22.4 Å². The molecule has 1 aromatic carbocycles. The average molecular weight is 475 g/mol. The molecule has 11 heteroatoms.